The molecule has 7 nitrogen and oxygen atoms in total. The Kier molecular flexibility index (Phi) is 11.1. The van der Waals surface area contributed by atoms with Crippen LogP contribution in [0, 0.1) is 17.6 Å². The quantitative estimate of drug-likeness (QED) is 0.290. The highest BCUT2D eigenvalue weighted by atomic mass is 35.5. The molecule has 1 N–H and O–H groups in total. The molecule has 41 heavy (non-hydrogen) atoms. The summed E-state index contributed by atoms with van der Waals surface area (Å²) < 4.78 is 53.8. The van der Waals surface area contributed by atoms with Crippen molar-refractivity contribution >= 4 is 50.7 Å². The molecule has 0 fully saturated rings. The number of rotatable bonds is 12. The summed E-state index contributed by atoms with van der Waals surface area (Å²) in [6.45, 7) is 3.32. The minimum Gasteiger partial charge on any atom is -0.354 e. The highest BCUT2D eigenvalue weighted by Crippen LogP contribution is 2.26. The van der Waals surface area contributed by atoms with E-state index in [0.717, 1.165) is 24.0 Å². The maximum absolute atomic E-state index is 14.0. The standard InChI is InChI=1S/C29H31Cl2F2N3O4S/c1-19(2)16-34-29(38)27(14-20-7-5-4-6-8-20)35(17-21-9-11-23(30)24(31)13-21)28(37)18-36(41(3,39)40)22-10-12-25(32)26(33)15-22/h4-13,15,19,27H,14,16-18H2,1-3H3,(H,34,38). The topological polar surface area (TPSA) is 86.8 Å². The van der Waals surface area contributed by atoms with Gasteiger partial charge in [0, 0.05) is 25.6 Å². The number of anilines is 1. The first-order chi connectivity index (χ1) is 19.3. The van der Waals surface area contributed by atoms with Crippen LogP contribution < -0.4 is 9.62 Å². The summed E-state index contributed by atoms with van der Waals surface area (Å²) in [5, 5.41) is 3.40. The normalized spacial score (nSPS) is 12.2. The number of sulfonamides is 1. The van der Waals surface area contributed by atoms with E-state index in [1.165, 1.54) is 4.90 Å². The number of carbonyl (C=O) groups is 2. The molecule has 0 aliphatic heterocycles. The number of amides is 2. The van der Waals surface area contributed by atoms with Gasteiger partial charge < -0.3 is 10.2 Å². The van der Waals surface area contributed by atoms with Gasteiger partial charge in [0.1, 0.15) is 12.6 Å². The van der Waals surface area contributed by atoms with Crippen molar-refractivity contribution < 1.29 is 26.8 Å². The Labute approximate surface area is 249 Å². The van der Waals surface area contributed by atoms with Crippen molar-refractivity contribution in [1.29, 1.82) is 0 Å². The number of nitrogens with one attached hydrogen (secondary N) is 1. The molecule has 0 aliphatic rings. The largest absolute Gasteiger partial charge is 0.354 e. The van der Waals surface area contributed by atoms with Crippen molar-refractivity contribution in [3.8, 4) is 0 Å². The van der Waals surface area contributed by atoms with Crippen LogP contribution in [0.5, 0.6) is 0 Å². The molecule has 3 rings (SSSR count). The van der Waals surface area contributed by atoms with Gasteiger partial charge >= 0.3 is 0 Å². The minimum absolute atomic E-state index is 0.113. The number of hydrogen-bond donors (Lipinski definition) is 1. The van der Waals surface area contributed by atoms with Crippen molar-refractivity contribution in [3.05, 3.63) is 99.5 Å². The first-order valence-corrected chi connectivity index (χ1v) is 15.3. The van der Waals surface area contributed by atoms with Gasteiger partial charge in [-0.3, -0.25) is 13.9 Å². The summed E-state index contributed by atoms with van der Waals surface area (Å²) in [5.41, 5.74) is 1.07. The summed E-state index contributed by atoms with van der Waals surface area (Å²) in [7, 11) is -4.13. The molecule has 0 saturated heterocycles. The number of halogens is 4. The molecule has 0 spiro atoms. The Morgan fingerprint density at radius 2 is 1.59 bits per heavy atom. The molecule has 220 valence electrons. The molecule has 0 heterocycles. The van der Waals surface area contributed by atoms with Gasteiger partial charge in [0.2, 0.25) is 21.8 Å². The molecule has 2 amide bonds. The highest BCUT2D eigenvalue weighted by Gasteiger charge is 2.33. The monoisotopic (exact) mass is 625 g/mol. The molecule has 3 aromatic rings. The summed E-state index contributed by atoms with van der Waals surface area (Å²) in [4.78, 5) is 28.8. The number of hydrogen-bond acceptors (Lipinski definition) is 4. The SMILES string of the molecule is CC(C)CNC(=O)C(Cc1ccccc1)N(Cc1ccc(Cl)c(Cl)c1)C(=O)CN(c1ccc(F)c(F)c1)S(C)(=O)=O. The predicted molar refractivity (Wildman–Crippen MR) is 157 cm³/mol. The fourth-order valence-electron chi connectivity index (χ4n) is 4.07. The van der Waals surface area contributed by atoms with E-state index in [1.807, 2.05) is 32.0 Å². The summed E-state index contributed by atoms with van der Waals surface area (Å²) in [6.07, 6.45) is 0.976. The minimum atomic E-state index is -4.13. The second-order valence-electron chi connectivity index (χ2n) is 9.98. The zero-order chi connectivity index (χ0) is 30.3. The third kappa shape index (κ3) is 9.14. The predicted octanol–water partition coefficient (Wildman–Crippen LogP) is 5.45. The van der Waals surface area contributed by atoms with Crippen molar-refractivity contribution in [2.24, 2.45) is 5.92 Å². The van der Waals surface area contributed by atoms with Gasteiger partial charge in [-0.2, -0.15) is 0 Å². The third-order valence-electron chi connectivity index (χ3n) is 6.16. The summed E-state index contributed by atoms with van der Waals surface area (Å²) in [5.74, 6) is -3.49. The Bertz CT molecular complexity index is 1490. The van der Waals surface area contributed by atoms with E-state index in [2.05, 4.69) is 5.32 Å². The summed E-state index contributed by atoms with van der Waals surface area (Å²) >= 11 is 12.3. The Balaban J connectivity index is 2.07. The third-order valence-corrected chi connectivity index (χ3v) is 8.04. The van der Waals surface area contributed by atoms with E-state index in [0.29, 0.717) is 27.5 Å². The summed E-state index contributed by atoms with van der Waals surface area (Å²) in [6, 6.07) is 15.3. The smallest absolute Gasteiger partial charge is 0.244 e. The van der Waals surface area contributed by atoms with Crippen LogP contribution in [0.15, 0.2) is 66.7 Å². The van der Waals surface area contributed by atoms with Gasteiger partial charge in [0.15, 0.2) is 11.6 Å². The zero-order valence-electron chi connectivity index (χ0n) is 22.8. The van der Waals surface area contributed by atoms with Crippen LogP contribution >= 0.6 is 23.2 Å². The molecule has 3 aromatic carbocycles. The van der Waals surface area contributed by atoms with Crippen molar-refractivity contribution in [2.75, 3.05) is 23.7 Å². The van der Waals surface area contributed by atoms with E-state index in [-0.39, 0.29) is 29.6 Å². The maximum atomic E-state index is 14.0. The fraction of sp³-hybridized carbons (Fsp3) is 0.310. The van der Waals surface area contributed by atoms with Gasteiger partial charge in [-0.25, -0.2) is 17.2 Å². The van der Waals surface area contributed by atoms with Crippen LogP contribution in [-0.2, 0) is 32.6 Å². The lowest BCUT2D eigenvalue weighted by atomic mass is 10.0. The van der Waals surface area contributed by atoms with E-state index in [1.54, 1.807) is 30.3 Å². The van der Waals surface area contributed by atoms with Crippen LogP contribution in [0.2, 0.25) is 10.0 Å². The van der Waals surface area contributed by atoms with E-state index in [9.17, 15) is 26.8 Å². The fourth-order valence-corrected chi connectivity index (χ4v) is 5.23. The molecule has 1 atom stereocenters. The van der Waals surface area contributed by atoms with E-state index in [4.69, 9.17) is 23.2 Å². The van der Waals surface area contributed by atoms with Crippen molar-refractivity contribution in [2.45, 2.75) is 32.9 Å². The van der Waals surface area contributed by atoms with E-state index < -0.39 is 46.1 Å². The van der Waals surface area contributed by atoms with Gasteiger partial charge in [0.05, 0.1) is 22.0 Å². The molecule has 0 saturated carbocycles. The Morgan fingerprint density at radius 3 is 2.17 bits per heavy atom. The Hall–Kier alpha value is -3.21. The van der Waals surface area contributed by atoms with E-state index >= 15 is 0 Å². The molecule has 12 heteroatoms. The highest BCUT2D eigenvalue weighted by molar-refractivity contribution is 7.92. The molecule has 0 aromatic heterocycles. The first kappa shape index (κ1) is 32.3. The lowest BCUT2D eigenvalue weighted by molar-refractivity contribution is -0.140. The lowest BCUT2D eigenvalue weighted by Gasteiger charge is -2.33. The average molecular weight is 627 g/mol. The molecular formula is C29H31Cl2F2N3O4S. The van der Waals surface area contributed by atoms with Crippen LogP contribution in [0.4, 0.5) is 14.5 Å². The van der Waals surface area contributed by atoms with Gasteiger partial charge in [0.25, 0.3) is 0 Å². The molecular weight excluding hydrogens is 595 g/mol. The second kappa shape index (κ2) is 14.1. The van der Waals surface area contributed by atoms with Crippen LogP contribution in [0.3, 0.4) is 0 Å². The van der Waals surface area contributed by atoms with Crippen molar-refractivity contribution in [3.63, 3.8) is 0 Å². The average Bonchev–Trinajstić information content (AvgIpc) is 2.91. The van der Waals surface area contributed by atoms with Crippen LogP contribution in [0.25, 0.3) is 0 Å². The number of carbonyl (C=O) groups excluding carboxylic acids is 2. The van der Waals surface area contributed by atoms with Gasteiger partial charge in [-0.05, 0) is 41.3 Å². The van der Waals surface area contributed by atoms with Gasteiger partial charge in [-0.15, -0.1) is 0 Å². The number of benzene rings is 3. The molecule has 0 bridgehead atoms. The molecule has 0 aliphatic carbocycles. The number of nitrogens with zero attached hydrogens (tertiary/aromatic N) is 2. The second-order valence-corrected chi connectivity index (χ2v) is 12.7. The lowest BCUT2D eigenvalue weighted by Crippen LogP contribution is -2.53. The maximum Gasteiger partial charge on any atom is 0.244 e. The van der Waals surface area contributed by atoms with Crippen LogP contribution in [-0.4, -0.2) is 50.5 Å². The molecule has 1 unspecified atom stereocenters. The van der Waals surface area contributed by atoms with Crippen LogP contribution in [0.1, 0.15) is 25.0 Å². The van der Waals surface area contributed by atoms with Gasteiger partial charge in [-0.1, -0.05) is 73.4 Å². The first-order valence-electron chi connectivity index (χ1n) is 12.7. The Morgan fingerprint density at radius 1 is 0.902 bits per heavy atom. The zero-order valence-corrected chi connectivity index (χ0v) is 25.1. The molecule has 0 radical (unpaired) electrons. The van der Waals surface area contributed by atoms with Crippen molar-refractivity contribution in [1.82, 2.24) is 10.2 Å².